The normalized spacial score (nSPS) is 18.5. The summed E-state index contributed by atoms with van der Waals surface area (Å²) in [6, 6.07) is 0.468. The Hall–Kier alpha value is -1.12. The van der Waals surface area contributed by atoms with Crippen molar-refractivity contribution in [2.24, 2.45) is 7.05 Å². The maximum atomic E-state index is 12.7. The molecule has 7 nitrogen and oxygen atoms in total. The van der Waals surface area contributed by atoms with Crippen LogP contribution in [-0.2, 0) is 17.1 Å². The van der Waals surface area contributed by atoms with Crippen LogP contribution >= 0.6 is 0 Å². The van der Waals surface area contributed by atoms with Crippen LogP contribution in [0.3, 0.4) is 0 Å². The number of sulfonamides is 1. The van der Waals surface area contributed by atoms with Crippen molar-refractivity contribution in [2.75, 3.05) is 31.9 Å². The van der Waals surface area contributed by atoms with Crippen LogP contribution in [0.15, 0.2) is 11.4 Å². The van der Waals surface area contributed by atoms with Crippen LogP contribution < -0.4 is 5.73 Å². The maximum Gasteiger partial charge on any atom is 0.262 e. The van der Waals surface area contributed by atoms with E-state index in [0.717, 1.165) is 25.9 Å². The van der Waals surface area contributed by atoms with Crippen molar-refractivity contribution >= 4 is 15.8 Å². The van der Waals surface area contributed by atoms with E-state index in [1.165, 1.54) is 15.2 Å². The zero-order valence-corrected chi connectivity index (χ0v) is 13.8. The third-order valence-corrected chi connectivity index (χ3v) is 6.28. The molecule has 0 bridgehead atoms. The number of nitrogens with zero attached hydrogens (tertiary/aromatic N) is 4. The van der Waals surface area contributed by atoms with Gasteiger partial charge in [0.25, 0.3) is 10.0 Å². The lowest BCUT2D eigenvalue weighted by molar-refractivity contribution is 0.152. The van der Waals surface area contributed by atoms with Gasteiger partial charge in [0, 0.05) is 26.2 Å². The summed E-state index contributed by atoms with van der Waals surface area (Å²) >= 11 is 0. The lowest BCUT2D eigenvalue weighted by Gasteiger charge is -2.37. The van der Waals surface area contributed by atoms with Gasteiger partial charge in [0.1, 0.15) is 0 Å². The Kier molecular flexibility index (Phi) is 4.90. The minimum atomic E-state index is -3.55. The largest absolute Gasteiger partial charge is 0.381 e. The van der Waals surface area contributed by atoms with Crippen LogP contribution in [-0.4, -0.2) is 59.4 Å². The Morgan fingerprint density at radius 1 is 1.33 bits per heavy atom. The lowest BCUT2D eigenvalue weighted by Crippen LogP contribution is -2.46. The molecule has 0 radical (unpaired) electrons. The van der Waals surface area contributed by atoms with E-state index in [0.29, 0.717) is 19.1 Å². The molecule has 1 fully saturated rings. The molecule has 0 amide bonds. The predicted octanol–water partition coefficient (Wildman–Crippen LogP) is 0.497. The number of imidazole rings is 1. The number of hydrogen-bond acceptors (Lipinski definition) is 5. The molecule has 0 saturated carbocycles. The smallest absolute Gasteiger partial charge is 0.262 e. The Labute approximate surface area is 126 Å². The van der Waals surface area contributed by atoms with Crippen LogP contribution in [0.4, 0.5) is 5.82 Å². The number of hydrogen-bond donors (Lipinski definition) is 1. The first kappa shape index (κ1) is 16.3. The van der Waals surface area contributed by atoms with Gasteiger partial charge in [0.05, 0.1) is 6.33 Å². The van der Waals surface area contributed by atoms with Gasteiger partial charge in [-0.25, -0.2) is 13.4 Å². The Balaban J connectivity index is 2.12. The van der Waals surface area contributed by atoms with Crippen molar-refractivity contribution < 1.29 is 8.42 Å². The first-order chi connectivity index (χ1) is 9.91. The zero-order chi connectivity index (χ0) is 15.6. The van der Waals surface area contributed by atoms with Crippen molar-refractivity contribution in [3.05, 3.63) is 6.33 Å². The fraction of sp³-hybridized carbons (Fsp3) is 0.769. The molecule has 1 aromatic heterocycles. The fourth-order valence-corrected chi connectivity index (χ4v) is 4.73. The van der Waals surface area contributed by atoms with E-state index in [2.05, 4.69) is 23.7 Å². The third kappa shape index (κ3) is 3.07. The highest BCUT2D eigenvalue weighted by Gasteiger charge is 2.34. The second kappa shape index (κ2) is 6.33. The highest BCUT2D eigenvalue weighted by Crippen LogP contribution is 2.25. The molecule has 0 unspecified atom stereocenters. The lowest BCUT2D eigenvalue weighted by atomic mass is 10.1. The van der Waals surface area contributed by atoms with E-state index in [1.54, 1.807) is 7.05 Å². The van der Waals surface area contributed by atoms with Gasteiger partial charge in [-0.15, -0.1) is 0 Å². The van der Waals surface area contributed by atoms with Gasteiger partial charge in [-0.05, 0) is 25.9 Å². The van der Waals surface area contributed by atoms with Crippen LogP contribution in [0.25, 0.3) is 0 Å². The van der Waals surface area contributed by atoms with Crippen molar-refractivity contribution in [2.45, 2.75) is 37.8 Å². The average molecular weight is 315 g/mol. The van der Waals surface area contributed by atoms with Gasteiger partial charge < -0.3 is 15.2 Å². The van der Waals surface area contributed by atoms with Gasteiger partial charge in [0.15, 0.2) is 10.8 Å². The van der Waals surface area contributed by atoms with Gasteiger partial charge in [0.2, 0.25) is 0 Å². The number of piperidine rings is 1. The molecule has 2 rings (SSSR count). The van der Waals surface area contributed by atoms with Crippen molar-refractivity contribution in [3.63, 3.8) is 0 Å². The van der Waals surface area contributed by atoms with E-state index in [9.17, 15) is 8.42 Å². The number of aromatic nitrogens is 2. The average Bonchev–Trinajstić information content (AvgIpc) is 2.80. The Morgan fingerprint density at radius 2 is 1.90 bits per heavy atom. The second-order valence-electron chi connectivity index (χ2n) is 5.40. The number of nitrogens with two attached hydrogens (primary N) is 1. The summed E-state index contributed by atoms with van der Waals surface area (Å²) in [5.41, 5.74) is 5.71. The molecule has 1 aliphatic heterocycles. The summed E-state index contributed by atoms with van der Waals surface area (Å²) in [4.78, 5) is 6.26. The first-order valence-electron chi connectivity index (χ1n) is 7.42. The molecule has 0 spiro atoms. The molecule has 120 valence electrons. The minimum Gasteiger partial charge on any atom is -0.381 e. The Bertz CT molecular complexity index is 552. The van der Waals surface area contributed by atoms with Crippen LogP contribution in [0.5, 0.6) is 0 Å². The van der Waals surface area contributed by atoms with Gasteiger partial charge >= 0.3 is 0 Å². The fourth-order valence-electron chi connectivity index (χ4n) is 3.06. The van der Waals surface area contributed by atoms with E-state index in [-0.39, 0.29) is 10.8 Å². The van der Waals surface area contributed by atoms with E-state index in [1.807, 2.05) is 0 Å². The summed E-state index contributed by atoms with van der Waals surface area (Å²) in [5.74, 6) is 0.0726. The molecule has 2 heterocycles. The SMILES string of the molecule is CCN(CC)C1CCN(S(=O)(=O)c2c(N)ncn2C)CC1. The van der Waals surface area contributed by atoms with Crippen molar-refractivity contribution in [1.82, 2.24) is 18.8 Å². The number of anilines is 1. The molecule has 1 saturated heterocycles. The second-order valence-corrected chi connectivity index (χ2v) is 7.26. The number of aryl methyl sites for hydroxylation is 1. The summed E-state index contributed by atoms with van der Waals surface area (Å²) in [6.45, 7) is 7.36. The van der Waals surface area contributed by atoms with Crippen molar-refractivity contribution in [3.8, 4) is 0 Å². The molecule has 2 N–H and O–H groups in total. The molecule has 1 aromatic rings. The van der Waals surface area contributed by atoms with E-state index < -0.39 is 10.0 Å². The third-order valence-electron chi connectivity index (χ3n) is 4.25. The molecule has 0 atom stereocenters. The van der Waals surface area contributed by atoms with E-state index >= 15 is 0 Å². The van der Waals surface area contributed by atoms with Gasteiger partial charge in [-0.2, -0.15) is 4.31 Å². The molecular weight excluding hydrogens is 290 g/mol. The first-order valence-corrected chi connectivity index (χ1v) is 8.86. The molecule has 1 aliphatic rings. The molecule has 21 heavy (non-hydrogen) atoms. The summed E-state index contributed by atoms with van der Waals surface area (Å²) < 4.78 is 28.4. The zero-order valence-electron chi connectivity index (χ0n) is 13.0. The number of rotatable bonds is 5. The highest BCUT2D eigenvalue weighted by molar-refractivity contribution is 7.89. The van der Waals surface area contributed by atoms with Crippen LogP contribution in [0, 0.1) is 0 Å². The quantitative estimate of drug-likeness (QED) is 0.855. The molecule has 0 aliphatic carbocycles. The maximum absolute atomic E-state index is 12.7. The predicted molar refractivity (Wildman–Crippen MR) is 82.3 cm³/mol. The molecule has 8 heteroatoms. The van der Waals surface area contributed by atoms with E-state index in [4.69, 9.17) is 5.73 Å². The minimum absolute atomic E-state index is 0.0726. The molecular formula is C13H25N5O2S. The highest BCUT2D eigenvalue weighted by atomic mass is 32.2. The standard InChI is InChI=1S/C13H25N5O2S/c1-4-17(5-2)11-6-8-18(9-7-11)21(19,20)13-12(14)15-10-16(13)3/h10-11H,4-9,14H2,1-3H3. The summed E-state index contributed by atoms with van der Waals surface area (Å²) in [5, 5.41) is 0.101. The Morgan fingerprint density at radius 3 is 2.33 bits per heavy atom. The summed E-state index contributed by atoms with van der Waals surface area (Å²) in [7, 11) is -1.90. The summed E-state index contributed by atoms with van der Waals surface area (Å²) in [6.07, 6.45) is 3.15. The van der Waals surface area contributed by atoms with Gasteiger partial charge in [-0.1, -0.05) is 13.8 Å². The monoisotopic (exact) mass is 315 g/mol. The van der Waals surface area contributed by atoms with Crippen LogP contribution in [0.1, 0.15) is 26.7 Å². The number of nitrogen functional groups attached to an aromatic ring is 1. The van der Waals surface area contributed by atoms with Crippen molar-refractivity contribution in [1.29, 1.82) is 0 Å². The van der Waals surface area contributed by atoms with Crippen LogP contribution in [0.2, 0.25) is 0 Å². The topological polar surface area (TPSA) is 84.5 Å². The van der Waals surface area contributed by atoms with Gasteiger partial charge in [-0.3, -0.25) is 0 Å². The molecule has 0 aromatic carbocycles.